The molecule has 6 heteroatoms. The quantitative estimate of drug-likeness (QED) is 0.924. The van der Waals surface area contributed by atoms with Gasteiger partial charge in [-0.3, -0.25) is 4.79 Å². The molecule has 1 N–H and O–H groups in total. The van der Waals surface area contributed by atoms with Crippen LogP contribution in [0.5, 0.6) is 0 Å². The predicted octanol–water partition coefficient (Wildman–Crippen LogP) is 2.09. The lowest BCUT2D eigenvalue weighted by molar-refractivity contribution is 0.0755. The van der Waals surface area contributed by atoms with Gasteiger partial charge in [-0.2, -0.15) is 0 Å². The van der Waals surface area contributed by atoms with Gasteiger partial charge in [0.05, 0.1) is 23.4 Å². The summed E-state index contributed by atoms with van der Waals surface area (Å²) in [7, 11) is 0. The fourth-order valence-electron chi connectivity index (χ4n) is 2.82. The van der Waals surface area contributed by atoms with E-state index >= 15 is 0 Å². The molecule has 0 bridgehead atoms. The molecule has 0 spiro atoms. The number of carbonyl (C=O) groups is 1. The molecule has 2 aromatic heterocycles. The highest BCUT2D eigenvalue weighted by Gasteiger charge is 2.28. The zero-order valence-corrected chi connectivity index (χ0v) is 12.8. The molecule has 1 fully saturated rings. The molecule has 0 unspecified atom stereocenters. The Balaban J connectivity index is 1.73. The number of amides is 1. The Morgan fingerprint density at radius 2 is 2.24 bits per heavy atom. The molecule has 1 aliphatic rings. The minimum atomic E-state index is -0.443. The Morgan fingerprint density at radius 1 is 1.43 bits per heavy atom. The zero-order chi connectivity index (χ0) is 14.8. The molecule has 2 atom stereocenters. The topological polar surface area (TPSA) is 58.4 Å². The SMILES string of the molecule is Cc1ccsc1C(=O)N1CC[C@H](O)[C@@H](n2ccnc2)CC1. The van der Waals surface area contributed by atoms with Crippen LogP contribution in [0.25, 0.3) is 0 Å². The first-order chi connectivity index (χ1) is 10.2. The van der Waals surface area contributed by atoms with Crippen LogP contribution in [0.4, 0.5) is 0 Å². The average Bonchev–Trinajstić information content (AvgIpc) is 3.09. The van der Waals surface area contributed by atoms with Gasteiger partial charge in [-0.15, -0.1) is 11.3 Å². The van der Waals surface area contributed by atoms with E-state index in [9.17, 15) is 9.90 Å². The molecule has 1 amide bonds. The maximum Gasteiger partial charge on any atom is 0.264 e. The minimum Gasteiger partial charge on any atom is -0.391 e. The predicted molar refractivity (Wildman–Crippen MR) is 81.5 cm³/mol. The summed E-state index contributed by atoms with van der Waals surface area (Å²) in [6, 6.07) is 1.97. The van der Waals surface area contributed by atoms with Crippen LogP contribution in [0.3, 0.4) is 0 Å². The van der Waals surface area contributed by atoms with Crippen LogP contribution in [0.2, 0.25) is 0 Å². The summed E-state index contributed by atoms with van der Waals surface area (Å²) >= 11 is 1.49. The van der Waals surface area contributed by atoms with E-state index in [0.29, 0.717) is 19.5 Å². The van der Waals surface area contributed by atoms with E-state index in [0.717, 1.165) is 16.9 Å². The van der Waals surface area contributed by atoms with Crippen molar-refractivity contribution in [2.75, 3.05) is 13.1 Å². The van der Waals surface area contributed by atoms with E-state index in [1.54, 1.807) is 12.5 Å². The van der Waals surface area contributed by atoms with Gasteiger partial charge in [-0.25, -0.2) is 4.98 Å². The summed E-state index contributed by atoms with van der Waals surface area (Å²) in [5.41, 5.74) is 1.03. The molecule has 1 saturated heterocycles. The number of carbonyl (C=O) groups excluding carboxylic acids is 1. The van der Waals surface area contributed by atoms with Crippen molar-refractivity contribution in [1.29, 1.82) is 0 Å². The van der Waals surface area contributed by atoms with Crippen LogP contribution in [0, 0.1) is 6.92 Å². The Labute approximate surface area is 127 Å². The average molecular weight is 305 g/mol. The van der Waals surface area contributed by atoms with E-state index in [1.165, 1.54) is 11.3 Å². The number of hydrogen-bond acceptors (Lipinski definition) is 4. The van der Waals surface area contributed by atoms with E-state index in [2.05, 4.69) is 4.98 Å². The molecular formula is C15H19N3O2S. The summed E-state index contributed by atoms with van der Waals surface area (Å²) < 4.78 is 1.94. The second-order valence-corrected chi connectivity index (χ2v) is 6.36. The van der Waals surface area contributed by atoms with Gasteiger partial charge in [0.15, 0.2) is 0 Å². The number of hydrogen-bond donors (Lipinski definition) is 1. The largest absolute Gasteiger partial charge is 0.391 e. The van der Waals surface area contributed by atoms with Crippen molar-refractivity contribution in [3.05, 3.63) is 40.6 Å². The summed E-state index contributed by atoms with van der Waals surface area (Å²) in [6.45, 7) is 3.23. The fourth-order valence-corrected chi connectivity index (χ4v) is 3.72. The van der Waals surface area contributed by atoms with Crippen molar-refractivity contribution in [1.82, 2.24) is 14.5 Å². The maximum atomic E-state index is 12.6. The van der Waals surface area contributed by atoms with Crippen LogP contribution < -0.4 is 0 Å². The van der Waals surface area contributed by atoms with Gasteiger partial charge in [-0.05, 0) is 36.8 Å². The van der Waals surface area contributed by atoms with Crippen LogP contribution in [-0.2, 0) is 0 Å². The van der Waals surface area contributed by atoms with Crippen LogP contribution in [-0.4, -0.2) is 44.7 Å². The highest BCUT2D eigenvalue weighted by Crippen LogP contribution is 2.25. The summed E-state index contributed by atoms with van der Waals surface area (Å²) in [5.74, 6) is 0.0842. The Bertz CT molecular complexity index is 608. The Hall–Kier alpha value is -1.66. The number of imidazole rings is 1. The number of likely N-dealkylation sites (tertiary alicyclic amines) is 1. The molecule has 3 heterocycles. The van der Waals surface area contributed by atoms with Crippen molar-refractivity contribution < 1.29 is 9.90 Å². The summed E-state index contributed by atoms with van der Waals surface area (Å²) in [6.07, 6.45) is 6.22. The number of aromatic nitrogens is 2. The van der Waals surface area contributed by atoms with Gasteiger partial charge in [0.1, 0.15) is 0 Å². The molecule has 0 aromatic carbocycles. The van der Waals surface area contributed by atoms with Crippen molar-refractivity contribution >= 4 is 17.2 Å². The second-order valence-electron chi connectivity index (χ2n) is 5.45. The minimum absolute atomic E-state index is 0.00488. The molecule has 0 radical (unpaired) electrons. The first-order valence-corrected chi connectivity index (χ1v) is 8.03. The third-order valence-corrected chi connectivity index (χ3v) is 5.09. The molecule has 1 aliphatic heterocycles. The highest BCUT2D eigenvalue weighted by molar-refractivity contribution is 7.12. The van der Waals surface area contributed by atoms with Crippen LogP contribution in [0.1, 0.15) is 34.1 Å². The normalized spacial score (nSPS) is 23.0. The lowest BCUT2D eigenvalue weighted by Crippen LogP contribution is -2.32. The van der Waals surface area contributed by atoms with Crippen LogP contribution >= 0.6 is 11.3 Å². The number of aliphatic hydroxyl groups excluding tert-OH is 1. The molecule has 3 rings (SSSR count). The number of aliphatic hydroxyl groups is 1. The standard InChI is InChI=1S/C15H19N3O2S/c1-11-4-9-21-14(11)15(20)17-6-2-12(13(19)3-7-17)18-8-5-16-10-18/h4-5,8-10,12-13,19H,2-3,6-7H2,1H3/t12-,13-/m0/s1. The molecule has 2 aromatic rings. The summed E-state index contributed by atoms with van der Waals surface area (Å²) in [4.78, 5) is 19.3. The van der Waals surface area contributed by atoms with E-state index < -0.39 is 6.10 Å². The van der Waals surface area contributed by atoms with Gasteiger partial charge >= 0.3 is 0 Å². The maximum absolute atomic E-state index is 12.6. The lowest BCUT2D eigenvalue weighted by atomic mass is 10.1. The zero-order valence-electron chi connectivity index (χ0n) is 12.0. The summed E-state index contributed by atoms with van der Waals surface area (Å²) in [5, 5.41) is 12.3. The number of thiophene rings is 1. The fraction of sp³-hybridized carbons (Fsp3) is 0.467. The number of aryl methyl sites for hydroxylation is 1. The van der Waals surface area contributed by atoms with Gasteiger partial charge in [0, 0.05) is 25.5 Å². The van der Waals surface area contributed by atoms with Crippen molar-refractivity contribution in [2.45, 2.75) is 31.9 Å². The molecule has 0 saturated carbocycles. The number of rotatable bonds is 2. The molecule has 5 nitrogen and oxygen atoms in total. The van der Waals surface area contributed by atoms with Gasteiger partial charge in [-0.1, -0.05) is 0 Å². The highest BCUT2D eigenvalue weighted by atomic mass is 32.1. The van der Waals surface area contributed by atoms with Crippen molar-refractivity contribution in [2.24, 2.45) is 0 Å². The lowest BCUT2D eigenvalue weighted by Gasteiger charge is -2.21. The first-order valence-electron chi connectivity index (χ1n) is 7.15. The second kappa shape index (κ2) is 5.99. The van der Waals surface area contributed by atoms with Gasteiger partial charge in [0.25, 0.3) is 5.91 Å². The molecular weight excluding hydrogens is 286 g/mol. The monoisotopic (exact) mass is 305 g/mol. The van der Waals surface area contributed by atoms with E-state index in [1.807, 2.05) is 34.0 Å². The van der Waals surface area contributed by atoms with Gasteiger partial charge < -0.3 is 14.6 Å². The van der Waals surface area contributed by atoms with E-state index in [-0.39, 0.29) is 11.9 Å². The van der Waals surface area contributed by atoms with Gasteiger partial charge in [0.2, 0.25) is 0 Å². The van der Waals surface area contributed by atoms with Crippen LogP contribution in [0.15, 0.2) is 30.2 Å². The third-order valence-electron chi connectivity index (χ3n) is 4.09. The van der Waals surface area contributed by atoms with Crippen molar-refractivity contribution in [3.8, 4) is 0 Å². The molecule has 21 heavy (non-hydrogen) atoms. The Kier molecular flexibility index (Phi) is 4.07. The molecule has 0 aliphatic carbocycles. The van der Waals surface area contributed by atoms with E-state index in [4.69, 9.17) is 0 Å². The molecule has 112 valence electrons. The van der Waals surface area contributed by atoms with Crippen molar-refractivity contribution in [3.63, 3.8) is 0 Å². The first kappa shape index (κ1) is 14.3. The number of nitrogens with zero attached hydrogens (tertiary/aromatic N) is 3. The third kappa shape index (κ3) is 2.87. The smallest absolute Gasteiger partial charge is 0.264 e. The Morgan fingerprint density at radius 3 is 2.90 bits per heavy atom.